The summed E-state index contributed by atoms with van der Waals surface area (Å²) in [5.41, 5.74) is 3.38. The van der Waals surface area contributed by atoms with Crippen LogP contribution in [0.4, 0.5) is 0 Å². The molecule has 2 aromatic carbocycles. The Labute approximate surface area is 147 Å². The quantitative estimate of drug-likeness (QED) is 0.675. The molecule has 4 heteroatoms. The third-order valence-corrected chi connectivity index (χ3v) is 5.45. The van der Waals surface area contributed by atoms with E-state index < -0.39 is 0 Å². The van der Waals surface area contributed by atoms with Crippen molar-refractivity contribution >= 4 is 11.0 Å². The number of benzene rings is 2. The average Bonchev–Trinajstić information content (AvgIpc) is 3.27. The first-order valence-corrected chi connectivity index (χ1v) is 9.24. The average molecular weight is 334 g/mol. The molecule has 0 amide bonds. The van der Waals surface area contributed by atoms with Crippen LogP contribution in [0.1, 0.15) is 32.1 Å². The summed E-state index contributed by atoms with van der Waals surface area (Å²) in [6, 6.07) is 14.6. The van der Waals surface area contributed by atoms with Gasteiger partial charge in [-0.1, -0.05) is 31.4 Å². The van der Waals surface area contributed by atoms with Crippen LogP contribution in [0.5, 0.6) is 11.5 Å². The van der Waals surface area contributed by atoms with Gasteiger partial charge < -0.3 is 14.0 Å². The molecule has 0 spiro atoms. The van der Waals surface area contributed by atoms with E-state index in [0.29, 0.717) is 6.79 Å². The normalized spacial score (nSPS) is 17.3. The molecule has 1 saturated carbocycles. The first-order chi connectivity index (χ1) is 12.4. The molecule has 0 saturated heterocycles. The van der Waals surface area contributed by atoms with Gasteiger partial charge in [-0.05, 0) is 49.1 Å². The Morgan fingerprint density at radius 2 is 1.80 bits per heavy atom. The smallest absolute Gasteiger partial charge is 0.231 e. The van der Waals surface area contributed by atoms with Crippen LogP contribution in [0.25, 0.3) is 22.4 Å². The Morgan fingerprint density at radius 3 is 2.72 bits per heavy atom. The molecule has 1 aliphatic carbocycles. The van der Waals surface area contributed by atoms with Gasteiger partial charge in [0.05, 0.1) is 11.0 Å². The maximum Gasteiger partial charge on any atom is 0.231 e. The summed E-state index contributed by atoms with van der Waals surface area (Å²) in [7, 11) is 0. The zero-order valence-electron chi connectivity index (χ0n) is 14.3. The van der Waals surface area contributed by atoms with Crippen LogP contribution in [-0.4, -0.2) is 16.3 Å². The molecule has 1 aromatic heterocycles. The Bertz CT molecular complexity index is 909. The molecule has 0 N–H and O–H groups in total. The maximum atomic E-state index is 5.57. The van der Waals surface area contributed by atoms with E-state index in [-0.39, 0.29) is 0 Å². The van der Waals surface area contributed by atoms with Gasteiger partial charge in [0.25, 0.3) is 0 Å². The van der Waals surface area contributed by atoms with E-state index in [4.69, 9.17) is 14.5 Å². The predicted octanol–water partition coefficient (Wildman–Crippen LogP) is 5.01. The van der Waals surface area contributed by atoms with Gasteiger partial charge in [-0.25, -0.2) is 4.98 Å². The van der Waals surface area contributed by atoms with Crippen molar-refractivity contribution in [2.45, 2.75) is 38.6 Å². The van der Waals surface area contributed by atoms with Crippen LogP contribution in [0.15, 0.2) is 42.5 Å². The zero-order valence-corrected chi connectivity index (χ0v) is 14.3. The van der Waals surface area contributed by atoms with Gasteiger partial charge in [-0.3, -0.25) is 0 Å². The third kappa shape index (κ3) is 2.66. The lowest BCUT2D eigenvalue weighted by molar-refractivity contribution is 0.174. The number of para-hydroxylation sites is 2. The van der Waals surface area contributed by atoms with Crippen molar-refractivity contribution in [1.29, 1.82) is 0 Å². The zero-order chi connectivity index (χ0) is 16.6. The van der Waals surface area contributed by atoms with E-state index in [1.54, 1.807) is 0 Å². The van der Waals surface area contributed by atoms with Gasteiger partial charge >= 0.3 is 0 Å². The molecule has 25 heavy (non-hydrogen) atoms. The van der Waals surface area contributed by atoms with E-state index in [0.717, 1.165) is 40.9 Å². The van der Waals surface area contributed by atoms with Crippen LogP contribution in [0.3, 0.4) is 0 Å². The first kappa shape index (κ1) is 14.8. The van der Waals surface area contributed by atoms with Crippen molar-refractivity contribution in [3.05, 3.63) is 42.5 Å². The summed E-state index contributed by atoms with van der Waals surface area (Å²) >= 11 is 0. The highest BCUT2D eigenvalue weighted by Crippen LogP contribution is 2.37. The minimum absolute atomic E-state index is 0.303. The molecule has 2 aliphatic rings. The Balaban J connectivity index is 1.60. The molecule has 0 bridgehead atoms. The molecule has 5 rings (SSSR count). The van der Waals surface area contributed by atoms with Crippen molar-refractivity contribution < 1.29 is 9.47 Å². The lowest BCUT2D eigenvalue weighted by atomic mass is 9.89. The van der Waals surface area contributed by atoms with E-state index in [1.165, 1.54) is 37.6 Å². The fourth-order valence-electron chi connectivity index (χ4n) is 4.14. The number of imidazole rings is 1. The molecule has 3 aromatic rings. The number of ether oxygens (including phenoxy) is 2. The fraction of sp³-hybridized carbons (Fsp3) is 0.381. The number of nitrogens with zero attached hydrogens (tertiary/aromatic N) is 2. The number of hydrogen-bond acceptors (Lipinski definition) is 3. The molecule has 2 heterocycles. The summed E-state index contributed by atoms with van der Waals surface area (Å²) in [4.78, 5) is 4.94. The molecule has 0 atom stereocenters. The van der Waals surface area contributed by atoms with Crippen LogP contribution in [0.2, 0.25) is 0 Å². The van der Waals surface area contributed by atoms with E-state index in [9.17, 15) is 0 Å². The summed E-state index contributed by atoms with van der Waals surface area (Å²) < 4.78 is 13.4. The Kier molecular flexibility index (Phi) is 3.62. The molecular formula is C21H22N2O2. The lowest BCUT2D eigenvalue weighted by Crippen LogP contribution is -2.14. The minimum Gasteiger partial charge on any atom is -0.454 e. The molecule has 1 fully saturated rings. The van der Waals surface area contributed by atoms with Crippen molar-refractivity contribution in [2.75, 3.05) is 6.79 Å². The first-order valence-electron chi connectivity index (χ1n) is 9.24. The second kappa shape index (κ2) is 6.10. The van der Waals surface area contributed by atoms with Crippen LogP contribution < -0.4 is 9.47 Å². The second-order valence-electron chi connectivity index (χ2n) is 7.11. The number of hydrogen-bond donors (Lipinski definition) is 0. The summed E-state index contributed by atoms with van der Waals surface area (Å²) in [6.45, 7) is 1.35. The van der Waals surface area contributed by atoms with Crippen molar-refractivity contribution in [2.24, 2.45) is 5.92 Å². The van der Waals surface area contributed by atoms with Crippen LogP contribution >= 0.6 is 0 Å². The SMILES string of the molecule is c1ccc2c(c1)nc(-c1ccc3c(c1)OCO3)n2CC1CCCCC1. The Hall–Kier alpha value is -2.49. The predicted molar refractivity (Wildman–Crippen MR) is 97.9 cm³/mol. The second-order valence-corrected chi connectivity index (χ2v) is 7.11. The summed E-state index contributed by atoms with van der Waals surface area (Å²) in [5.74, 6) is 3.41. The number of fused-ring (bicyclic) bond motifs is 2. The highest BCUT2D eigenvalue weighted by Gasteiger charge is 2.21. The molecule has 0 radical (unpaired) electrons. The topological polar surface area (TPSA) is 36.3 Å². The monoisotopic (exact) mass is 334 g/mol. The maximum absolute atomic E-state index is 5.57. The summed E-state index contributed by atoms with van der Waals surface area (Å²) in [6.07, 6.45) is 6.75. The minimum atomic E-state index is 0.303. The molecular weight excluding hydrogens is 312 g/mol. The van der Waals surface area contributed by atoms with Gasteiger partial charge in [0.2, 0.25) is 6.79 Å². The Morgan fingerprint density at radius 1 is 0.960 bits per heavy atom. The molecule has 1 aliphatic heterocycles. The largest absolute Gasteiger partial charge is 0.454 e. The van der Waals surface area contributed by atoms with E-state index in [2.05, 4.69) is 41.0 Å². The third-order valence-electron chi connectivity index (χ3n) is 5.45. The van der Waals surface area contributed by atoms with Gasteiger partial charge in [0.1, 0.15) is 5.82 Å². The van der Waals surface area contributed by atoms with Gasteiger partial charge in [-0.2, -0.15) is 0 Å². The van der Waals surface area contributed by atoms with Gasteiger partial charge in [0, 0.05) is 12.1 Å². The molecule has 0 unspecified atom stereocenters. The van der Waals surface area contributed by atoms with Crippen molar-refractivity contribution in [3.8, 4) is 22.9 Å². The molecule has 4 nitrogen and oxygen atoms in total. The highest BCUT2D eigenvalue weighted by atomic mass is 16.7. The lowest BCUT2D eigenvalue weighted by Gasteiger charge is -2.23. The van der Waals surface area contributed by atoms with Crippen molar-refractivity contribution in [3.63, 3.8) is 0 Å². The van der Waals surface area contributed by atoms with E-state index in [1.807, 2.05) is 6.07 Å². The number of aromatic nitrogens is 2. The standard InChI is InChI=1S/C21H22N2O2/c1-2-6-15(7-3-1)13-23-18-9-5-4-8-17(18)22-21(23)16-10-11-19-20(12-16)25-14-24-19/h4-5,8-12,15H,1-3,6-7,13-14H2. The van der Waals surface area contributed by atoms with Crippen LogP contribution in [-0.2, 0) is 6.54 Å². The van der Waals surface area contributed by atoms with E-state index >= 15 is 0 Å². The van der Waals surface area contributed by atoms with Crippen LogP contribution in [0, 0.1) is 5.92 Å². The highest BCUT2D eigenvalue weighted by molar-refractivity contribution is 5.81. The van der Waals surface area contributed by atoms with Gasteiger partial charge in [-0.15, -0.1) is 0 Å². The van der Waals surface area contributed by atoms with Gasteiger partial charge in [0.15, 0.2) is 11.5 Å². The summed E-state index contributed by atoms with van der Waals surface area (Å²) in [5, 5.41) is 0. The fourth-order valence-corrected chi connectivity index (χ4v) is 4.14. The number of rotatable bonds is 3. The van der Waals surface area contributed by atoms with Crippen molar-refractivity contribution in [1.82, 2.24) is 9.55 Å². The molecule has 128 valence electrons.